The van der Waals surface area contributed by atoms with E-state index in [1.54, 1.807) is 0 Å². The van der Waals surface area contributed by atoms with Gasteiger partial charge in [-0.1, -0.05) is 20.3 Å². The molecule has 0 bridgehead atoms. The summed E-state index contributed by atoms with van der Waals surface area (Å²) in [7, 11) is 0. The van der Waals surface area contributed by atoms with Crippen LogP contribution in [-0.2, 0) is 0 Å². The van der Waals surface area contributed by atoms with Crippen LogP contribution in [0.3, 0.4) is 0 Å². The highest BCUT2D eigenvalue weighted by molar-refractivity contribution is 5.47. The Hall–Kier alpha value is -1.32. The van der Waals surface area contributed by atoms with E-state index >= 15 is 0 Å². The molecule has 0 saturated heterocycles. The van der Waals surface area contributed by atoms with Gasteiger partial charge in [0.25, 0.3) is 0 Å². The topological polar surface area (TPSA) is 49.8 Å². The van der Waals surface area contributed by atoms with Crippen LogP contribution in [0.5, 0.6) is 0 Å². The molecule has 2 N–H and O–H groups in total. The Morgan fingerprint density at radius 1 is 1.39 bits per heavy atom. The van der Waals surface area contributed by atoms with Gasteiger partial charge < -0.3 is 10.6 Å². The largest absolute Gasteiger partial charge is 0.367 e. The maximum absolute atomic E-state index is 4.57. The fourth-order valence-corrected chi connectivity index (χ4v) is 2.45. The monoisotopic (exact) mass is 248 g/mol. The molecule has 100 valence electrons. The van der Waals surface area contributed by atoms with Gasteiger partial charge in [-0.3, -0.25) is 0 Å². The third-order valence-electron chi connectivity index (χ3n) is 3.69. The lowest BCUT2D eigenvalue weighted by atomic mass is 10.1. The van der Waals surface area contributed by atoms with Crippen LogP contribution < -0.4 is 10.6 Å². The molecule has 1 heterocycles. The lowest BCUT2D eigenvalue weighted by Crippen LogP contribution is -2.23. The van der Waals surface area contributed by atoms with E-state index in [4.69, 9.17) is 0 Å². The Bertz CT molecular complexity index is 391. The van der Waals surface area contributed by atoms with Crippen molar-refractivity contribution >= 4 is 11.8 Å². The third-order valence-corrected chi connectivity index (χ3v) is 3.69. The fourth-order valence-electron chi connectivity index (χ4n) is 2.45. The van der Waals surface area contributed by atoms with Crippen molar-refractivity contribution in [3.8, 4) is 0 Å². The smallest absolute Gasteiger partial charge is 0.224 e. The van der Waals surface area contributed by atoms with Gasteiger partial charge in [0, 0.05) is 24.3 Å². The van der Waals surface area contributed by atoms with E-state index in [-0.39, 0.29) is 0 Å². The summed E-state index contributed by atoms with van der Waals surface area (Å²) < 4.78 is 0. The summed E-state index contributed by atoms with van der Waals surface area (Å²) in [5.41, 5.74) is 1.12. The molecular formula is C14H24N4. The molecule has 0 amide bonds. The minimum atomic E-state index is 0.567. The maximum Gasteiger partial charge on any atom is 0.224 e. The van der Waals surface area contributed by atoms with E-state index in [0.717, 1.165) is 36.2 Å². The number of rotatable bonds is 5. The van der Waals surface area contributed by atoms with Gasteiger partial charge in [0.05, 0.1) is 0 Å². The predicted molar refractivity (Wildman–Crippen MR) is 76.0 cm³/mol. The first-order valence-corrected chi connectivity index (χ1v) is 7.04. The van der Waals surface area contributed by atoms with Crippen molar-refractivity contribution in [2.45, 2.75) is 52.5 Å². The molecule has 0 spiro atoms. The first kappa shape index (κ1) is 13.1. The van der Waals surface area contributed by atoms with Crippen LogP contribution in [0.2, 0.25) is 0 Å². The van der Waals surface area contributed by atoms with Crippen LogP contribution in [0.4, 0.5) is 11.8 Å². The van der Waals surface area contributed by atoms with E-state index < -0.39 is 0 Å². The molecule has 0 aromatic carbocycles. The van der Waals surface area contributed by atoms with Crippen LogP contribution in [0.15, 0.2) is 6.20 Å². The highest BCUT2D eigenvalue weighted by Gasteiger charge is 2.23. The summed E-state index contributed by atoms with van der Waals surface area (Å²) in [6.45, 7) is 7.44. The molecule has 1 fully saturated rings. The predicted octanol–water partition coefficient (Wildman–Crippen LogP) is 3.21. The molecule has 4 nitrogen and oxygen atoms in total. The molecule has 0 aliphatic heterocycles. The van der Waals surface area contributed by atoms with Gasteiger partial charge in [-0.15, -0.1) is 0 Å². The van der Waals surface area contributed by atoms with E-state index in [1.807, 2.05) is 6.20 Å². The minimum absolute atomic E-state index is 0.567. The molecule has 4 heteroatoms. The van der Waals surface area contributed by atoms with Crippen LogP contribution in [0.25, 0.3) is 0 Å². The highest BCUT2D eigenvalue weighted by atomic mass is 15.1. The Morgan fingerprint density at radius 2 is 2.22 bits per heavy atom. The summed E-state index contributed by atoms with van der Waals surface area (Å²) in [6, 6.07) is 0.567. The second-order valence-electron chi connectivity index (χ2n) is 5.31. The summed E-state index contributed by atoms with van der Waals surface area (Å²) in [5, 5.41) is 6.82. The zero-order chi connectivity index (χ0) is 13.0. The van der Waals surface area contributed by atoms with E-state index in [0.29, 0.717) is 6.04 Å². The van der Waals surface area contributed by atoms with E-state index in [1.165, 1.54) is 19.3 Å². The van der Waals surface area contributed by atoms with Gasteiger partial charge >= 0.3 is 0 Å². The highest BCUT2D eigenvalue weighted by Crippen LogP contribution is 2.28. The minimum Gasteiger partial charge on any atom is -0.367 e. The number of anilines is 2. The average molecular weight is 248 g/mol. The number of nitrogens with zero attached hydrogens (tertiary/aromatic N) is 2. The standard InChI is InChI=1S/C14H24N4/c1-4-8-15-14-16-9-11(3)13(18-14)17-12-7-5-6-10(12)2/h9-10,12H,4-8H2,1-3H3,(H2,15,16,17,18). The SMILES string of the molecule is CCCNc1ncc(C)c(NC2CCCC2C)n1. The Labute approximate surface area is 110 Å². The Morgan fingerprint density at radius 3 is 2.89 bits per heavy atom. The van der Waals surface area contributed by atoms with E-state index in [2.05, 4.69) is 41.4 Å². The summed E-state index contributed by atoms with van der Waals surface area (Å²) >= 11 is 0. The molecule has 2 unspecified atom stereocenters. The summed E-state index contributed by atoms with van der Waals surface area (Å²) in [5.74, 6) is 2.46. The van der Waals surface area contributed by atoms with Crippen molar-refractivity contribution in [3.63, 3.8) is 0 Å². The van der Waals surface area contributed by atoms with Crippen LogP contribution in [-0.4, -0.2) is 22.6 Å². The van der Waals surface area contributed by atoms with Gasteiger partial charge in [-0.05, 0) is 32.1 Å². The van der Waals surface area contributed by atoms with Crippen LogP contribution in [0, 0.1) is 12.8 Å². The fraction of sp³-hybridized carbons (Fsp3) is 0.714. The van der Waals surface area contributed by atoms with Gasteiger partial charge in [0.15, 0.2) is 0 Å². The molecular weight excluding hydrogens is 224 g/mol. The van der Waals surface area contributed by atoms with Crippen LogP contribution >= 0.6 is 0 Å². The van der Waals surface area contributed by atoms with E-state index in [9.17, 15) is 0 Å². The zero-order valence-corrected chi connectivity index (χ0v) is 11.7. The van der Waals surface area contributed by atoms with Crippen molar-refractivity contribution in [3.05, 3.63) is 11.8 Å². The van der Waals surface area contributed by atoms with Gasteiger partial charge in [0.1, 0.15) is 5.82 Å². The molecule has 0 radical (unpaired) electrons. The maximum atomic E-state index is 4.57. The van der Waals surface area contributed by atoms with Gasteiger partial charge in [0.2, 0.25) is 5.95 Å². The first-order chi connectivity index (χ1) is 8.70. The van der Waals surface area contributed by atoms with Crippen molar-refractivity contribution in [2.75, 3.05) is 17.2 Å². The lowest BCUT2D eigenvalue weighted by Gasteiger charge is -2.19. The summed E-state index contributed by atoms with van der Waals surface area (Å²) in [6.07, 6.45) is 6.88. The molecule has 1 aromatic heterocycles. The van der Waals surface area contributed by atoms with Gasteiger partial charge in [-0.25, -0.2) is 4.98 Å². The Kier molecular flexibility index (Phi) is 4.39. The van der Waals surface area contributed by atoms with Crippen LogP contribution in [0.1, 0.15) is 45.1 Å². The second-order valence-corrected chi connectivity index (χ2v) is 5.31. The normalized spacial score (nSPS) is 23.1. The number of aromatic nitrogens is 2. The van der Waals surface area contributed by atoms with Crippen molar-refractivity contribution < 1.29 is 0 Å². The Balaban J connectivity index is 2.06. The molecule has 18 heavy (non-hydrogen) atoms. The third kappa shape index (κ3) is 3.12. The number of nitrogens with one attached hydrogen (secondary N) is 2. The zero-order valence-electron chi connectivity index (χ0n) is 11.7. The molecule has 1 aromatic rings. The molecule has 2 rings (SSSR count). The lowest BCUT2D eigenvalue weighted by molar-refractivity contribution is 0.554. The first-order valence-electron chi connectivity index (χ1n) is 7.04. The van der Waals surface area contributed by atoms with Crippen molar-refractivity contribution in [1.82, 2.24) is 9.97 Å². The number of aryl methyl sites for hydroxylation is 1. The number of hydrogen-bond acceptors (Lipinski definition) is 4. The van der Waals surface area contributed by atoms with Crippen molar-refractivity contribution in [2.24, 2.45) is 5.92 Å². The summed E-state index contributed by atoms with van der Waals surface area (Å²) in [4.78, 5) is 8.88. The van der Waals surface area contributed by atoms with Crippen molar-refractivity contribution in [1.29, 1.82) is 0 Å². The molecule has 1 saturated carbocycles. The molecule has 2 atom stereocenters. The quantitative estimate of drug-likeness (QED) is 0.840. The second kappa shape index (κ2) is 6.03. The molecule has 1 aliphatic carbocycles. The number of hydrogen-bond donors (Lipinski definition) is 2. The average Bonchev–Trinajstić information content (AvgIpc) is 2.76. The van der Waals surface area contributed by atoms with Gasteiger partial charge in [-0.2, -0.15) is 4.98 Å². The molecule has 1 aliphatic rings.